The first-order valence-electron chi connectivity index (χ1n) is 9.61. The fourth-order valence-electron chi connectivity index (χ4n) is 3.61. The predicted octanol–water partition coefficient (Wildman–Crippen LogP) is 3.17. The Morgan fingerprint density at radius 3 is 2.14 bits per heavy atom. The van der Waals surface area contributed by atoms with Gasteiger partial charge in [-0.15, -0.1) is 0 Å². The average Bonchev–Trinajstić information content (AvgIpc) is 2.73. The Kier molecular flexibility index (Phi) is 5.68. The van der Waals surface area contributed by atoms with Gasteiger partial charge in [-0.3, -0.25) is 19.7 Å². The molecule has 1 fully saturated rings. The summed E-state index contributed by atoms with van der Waals surface area (Å²) in [5.41, 5.74) is 1.06. The fourth-order valence-corrected chi connectivity index (χ4v) is 3.61. The molecule has 2 aromatic carbocycles. The lowest BCUT2D eigenvalue weighted by molar-refractivity contribution is -0.385. The summed E-state index contributed by atoms with van der Waals surface area (Å²) in [4.78, 5) is 39.9. The van der Waals surface area contributed by atoms with Crippen molar-refractivity contribution < 1.29 is 14.5 Å². The van der Waals surface area contributed by atoms with Crippen LogP contribution in [0.25, 0.3) is 0 Å². The summed E-state index contributed by atoms with van der Waals surface area (Å²) in [7, 11) is 0. The molecule has 1 saturated heterocycles. The minimum Gasteiger partial charge on any atom is -0.338 e. The van der Waals surface area contributed by atoms with Gasteiger partial charge in [-0.25, -0.2) is 0 Å². The van der Waals surface area contributed by atoms with E-state index in [-0.39, 0.29) is 17.5 Å². The molecule has 2 amide bonds. The SMILES string of the molecule is Cc1ccc(C(=O)N2CCN(C(=O)C(C)(C)c3ccccc3)CC2)cc1[N+](=O)[O-]. The van der Waals surface area contributed by atoms with Gasteiger partial charge in [0.15, 0.2) is 0 Å². The van der Waals surface area contributed by atoms with E-state index >= 15 is 0 Å². The summed E-state index contributed by atoms with van der Waals surface area (Å²) in [5, 5.41) is 11.1. The van der Waals surface area contributed by atoms with E-state index in [2.05, 4.69) is 0 Å². The molecule has 7 heteroatoms. The minimum atomic E-state index is -0.648. The first-order valence-corrected chi connectivity index (χ1v) is 9.61. The third-order valence-electron chi connectivity index (χ3n) is 5.54. The van der Waals surface area contributed by atoms with Crippen LogP contribution in [0.15, 0.2) is 48.5 Å². The Labute approximate surface area is 170 Å². The van der Waals surface area contributed by atoms with Crippen molar-refractivity contribution in [2.24, 2.45) is 0 Å². The summed E-state index contributed by atoms with van der Waals surface area (Å²) < 4.78 is 0. The van der Waals surface area contributed by atoms with Crippen molar-refractivity contribution in [3.63, 3.8) is 0 Å². The molecule has 0 atom stereocenters. The highest BCUT2D eigenvalue weighted by Gasteiger charge is 2.35. The van der Waals surface area contributed by atoms with Gasteiger partial charge in [-0.2, -0.15) is 0 Å². The second kappa shape index (κ2) is 8.03. The number of nitro groups is 1. The molecular formula is C22H25N3O4. The lowest BCUT2D eigenvalue weighted by atomic mass is 9.83. The maximum atomic E-state index is 13.1. The molecule has 0 unspecified atom stereocenters. The van der Waals surface area contributed by atoms with Gasteiger partial charge in [0.25, 0.3) is 11.6 Å². The zero-order valence-corrected chi connectivity index (χ0v) is 16.9. The Bertz CT molecular complexity index is 932. The number of carbonyl (C=O) groups excluding carboxylic acids is 2. The molecule has 0 radical (unpaired) electrons. The van der Waals surface area contributed by atoms with Gasteiger partial charge in [0.2, 0.25) is 5.91 Å². The second-order valence-electron chi connectivity index (χ2n) is 7.83. The monoisotopic (exact) mass is 395 g/mol. The van der Waals surface area contributed by atoms with Crippen molar-refractivity contribution >= 4 is 17.5 Å². The van der Waals surface area contributed by atoms with E-state index in [1.54, 1.807) is 28.9 Å². The molecule has 29 heavy (non-hydrogen) atoms. The second-order valence-corrected chi connectivity index (χ2v) is 7.83. The molecule has 0 aliphatic carbocycles. The number of carbonyl (C=O) groups is 2. The summed E-state index contributed by atoms with van der Waals surface area (Å²) in [6.45, 7) is 7.14. The van der Waals surface area contributed by atoms with E-state index in [4.69, 9.17) is 0 Å². The standard InChI is InChI=1S/C22H25N3O4/c1-16-9-10-17(15-19(16)25(28)29)20(26)23-11-13-24(14-12-23)21(27)22(2,3)18-7-5-4-6-8-18/h4-10,15H,11-14H2,1-3H3. The Balaban J connectivity index is 1.67. The lowest BCUT2D eigenvalue weighted by Crippen LogP contribution is -2.54. The third kappa shape index (κ3) is 4.13. The third-order valence-corrected chi connectivity index (χ3v) is 5.54. The van der Waals surface area contributed by atoms with E-state index in [1.165, 1.54) is 6.07 Å². The molecular weight excluding hydrogens is 370 g/mol. The predicted molar refractivity (Wildman–Crippen MR) is 110 cm³/mol. The normalized spacial score (nSPS) is 14.6. The highest BCUT2D eigenvalue weighted by atomic mass is 16.6. The molecule has 152 valence electrons. The number of hydrogen-bond acceptors (Lipinski definition) is 4. The molecule has 0 saturated carbocycles. The molecule has 1 aliphatic heterocycles. The first-order chi connectivity index (χ1) is 13.7. The number of benzene rings is 2. The van der Waals surface area contributed by atoms with Crippen molar-refractivity contribution in [3.8, 4) is 0 Å². The quantitative estimate of drug-likeness (QED) is 0.588. The molecule has 0 N–H and O–H groups in total. The van der Waals surface area contributed by atoms with Crippen molar-refractivity contribution in [1.29, 1.82) is 0 Å². The van der Waals surface area contributed by atoms with Crippen LogP contribution in [0.4, 0.5) is 5.69 Å². The van der Waals surface area contributed by atoms with Crippen LogP contribution in [0, 0.1) is 17.0 Å². The van der Waals surface area contributed by atoms with Crippen molar-refractivity contribution in [2.75, 3.05) is 26.2 Å². The van der Waals surface area contributed by atoms with Crippen molar-refractivity contribution in [2.45, 2.75) is 26.2 Å². The summed E-state index contributed by atoms with van der Waals surface area (Å²) in [6.07, 6.45) is 0. The Morgan fingerprint density at radius 1 is 0.966 bits per heavy atom. The first kappa shape index (κ1) is 20.5. The number of nitro benzene ring substituents is 1. The van der Waals surface area contributed by atoms with Gasteiger partial charge in [-0.05, 0) is 32.4 Å². The number of amides is 2. The molecule has 1 heterocycles. The van der Waals surface area contributed by atoms with E-state index in [1.807, 2.05) is 44.2 Å². The molecule has 0 aromatic heterocycles. The van der Waals surface area contributed by atoms with Gasteiger partial charge in [0.05, 0.1) is 10.3 Å². The molecule has 7 nitrogen and oxygen atoms in total. The van der Waals surface area contributed by atoms with Crippen LogP contribution in [-0.4, -0.2) is 52.7 Å². The Hall–Kier alpha value is -3.22. The topological polar surface area (TPSA) is 83.8 Å². The number of rotatable bonds is 4. The van der Waals surface area contributed by atoms with Crippen LogP contribution in [0.3, 0.4) is 0 Å². The largest absolute Gasteiger partial charge is 0.338 e. The number of nitrogens with zero attached hydrogens (tertiary/aromatic N) is 3. The Morgan fingerprint density at radius 2 is 1.55 bits per heavy atom. The summed E-state index contributed by atoms with van der Waals surface area (Å²) >= 11 is 0. The number of hydrogen-bond donors (Lipinski definition) is 0. The summed E-state index contributed by atoms with van der Waals surface area (Å²) in [5.74, 6) is -0.218. The molecule has 1 aliphatic rings. The van der Waals surface area contributed by atoms with Crippen LogP contribution in [-0.2, 0) is 10.2 Å². The van der Waals surface area contributed by atoms with Gasteiger partial charge in [0, 0.05) is 43.4 Å². The van der Waals surface area contributed by atoms with Crippen molar-refractivity contribution in [3.05, 3.63) is 75.3 Å². The summed E-state index contributed by atoms with van der Waals surface area (Å²) in [6, 6.07) is 14.2. The van der Waals surface area contributed by atoms with E-state index < -0.39 is 10.3 Å². The van der Waals surface area contributed by atoms with Crippen LogP contribution in [0.1, 0.15) is 35.3 Å². The van der Waals surface area contributed by atoms with Crippen LogP contribution >= 0.6 is 0 Å². The average molecular weight is 395 g/mol. The van der Waals surface area contributed by atoms with Gasteiger partial charge in [0.1, 0.15) is 0 Å². The van der Waals surface area contributed by atoms with Gasteiger partial charge >= 0.3 is 0 Å². The van der Waals surface area contributed by atoms with Crippen LogP contribution in [0.5, 0.6) is 0 Å². The van der Waals surface area contributed by atoms with E-state index in [0.29, 0.717) is 37.3 Å². The number of piperazine rings is 1. The lowest BCUT2D eigenvalue weighted by Gasteiger charge is -2.38. The molecule has 0 bridgehead atoms. The zero-order chi connectivity index (χ0) is 21.2. The zero-order valence-electron chi connectivity index (χ0n) is 16.9. The molecule has 2 aromatic rings. The van der Waals surface area contributed by atoms with E-state index in [0.717, 1.165) is 5.56 Å². The van der Waals surface area contributed by atoms with E-state index in [9.17, 15) is 19.7 Å². The van der Waals surface area contributed by atoms with Crippen LogP contribution < -0.4 is 0 Å². The highest BCUT2D eigenvalue weighted by molar-refractivity contribution is 5.95. The fraction of sp³-hybridized carbons (Fsp3) is 0.364. The molecule has 0 spiro atoms. The molecule has 3 rings (SSSR count). The van der Waals surface area contributed by atoms with Gasteiger partial charge in [-0.1, -0.05) is 36.4 Å². The minimum absolute atomic E-state index is 0.0294. The van der Waals surface area contributed by atoms with Crippen molar-refractivity contribution in [1.82, 2.24) is 9.80 Å². The maximum Gasteiger partial charge on any atom is 0.273 e. The number of aryl methyl sites for hydroxylation is 1. The van der Waals surface area contributed by atoms with Gasteiger partial charge < -0.3 is 9.80 Å². The highest BCUT2D eigenvalue weighted by Crippen LogP contribution is 2.26. The van der Waals surface area contributed by atoms with Crippen LogP contribution in [0.2, 0.25) is 0 Å². The maximum absolute atomic E-state index is 13.1. The smallest absolute Gasteiger partial charge is 0.273 e.